The zero-order valence-corrected chi connectivity index (χ0v) is 13.8. The number of rotatable bonds is 2. The van der Waals surface area contributed by atoms with E-state index in [4.69, 9.17) is 0 Å². The van der Waals surface area contributed by atoms with Crippen LogP contribution in [0.1, 0.15) is 25.7 Å². The summed E-state index contributed by atoms with van der Waals surface area (Å²) >= 11 is 0. The van der Waals surface area contributed by atoms with E-state index in [-0.39, 0.29) is 17.9 Å². The van der Waals surface area contributed by atoms with E-state index in [1.807, 2.05) is 47.2 Å². The van der Waals surface area contributed by atoms with Gasteiger partial charge in [-0.25, -0.2) is 4.79 Å². The first-order chi connectivity index (χ1) is 11.2. The summed E-state index contributed by atoms with van der Waals surface area (Å²) in [4.78, 5) is 30.8. The smallest absolute Gasteiger partial charge is 0.320 e. The van der Waals surface area contributed by atoms with Crippen molar-refractivity contribution in [3.05, 3.63) is 30.3 Å². The molecule has 0 N–H and O–H groups in total. The lowest BCUT2D eigenvalue weighted by atomic mass is 9.96. The number of carbonyl (C=O) groups excluding carboxylic acids is 2. The van der Waals surface area contributed by atoms with E-state index in [0.717, 1.165) is 51.0 Å². The topological polar surface area (TPSA) is 43.9 Å². The third-order valence-electron chi connectivity index (χ3n) is 4.89. The molecule has 5 nitrogen and oxygen atoms in total. The highest BCUT2D eigenvalue weighted by Gasteiger charge is 2.32. The maximum absolute atomic E-state index is 12.8. The molecule has 1 aromatic rings. The summed E-state index contributed by atoms with van der Waals surface area (Å²) in [6, 6.07) is 9.80. The molecule has 1 atom stereocenters. The Kier molecular flexibility index (Phi) is 4.84. The minimum atomic E-state index is -0.0968. The lowest BCUT2D eigenvalue weighted by molar-refractivity contribution is -0.123. The Morgan fingerprint density at radius 3 is 2.35 bits per heavy atom. The number of nitrogens with zero attached hydrogens (tertiary/aromatic N) is 3. The van der Waals surface area contributed by atoms with E-state index in [2.05, 4.69) is 0 Å². The number of carbonyl (C=O) groups is 2. The molecule has 0 saturated carbocycles. The average molecular weight is 315 g/mol. The molecular formula is C18H25N3O2. The van der Waals surface area contributed by atoms with Crippen molar-refractivity contribution >= 4 is 17.6 Å². The van der Waals surface area contributed by atoms with Crippen molar-refractivity contribution in [2.75, 3.05) is 38.1 Å². The fourth-order valence-electron chi connectivity index (χ4n) is 3.51. The highest BCUT2D eigenvalue weighted by Crippen LogP contribution is 2.23. The Balaban J connectivity index is 1.63. The molecule has 2 heterocycles. The van der Waals surface area contributed by atoms with Gasteiger partial charge in [-0.05, 0) is 37.8 Å². The van der Waals surface area contributed by atoms with Gasteiger partial charge in [-0.15, -0.1) is 0 Å². The molecule has 2 aliphatic heterocycles. The highest BCUT2D eigenvalue weighted by molar-refractivity contribution is 5.95. The van der Waals surface area contributed by atoms with Gasteiger partial charge in [-0.2, -0.15) is 0 Å². The van der Waals surface area contributed by atoms with Crippen LogP contribution in [0.2, 0.25) is 0 Å². The van der Waals surface area contributed by atoms with Gasteiger partial charge in [0.15, 0.2) is 0 Å². The number of hydrogen-bond acceptors (Lipinski definition) is 2. The summed E-state index contributed by atoms with van der Waals surface area (Å²) in [5.41, 5.74) is 0.903. The van der Waals surface area contributed by atoms with Gasteiger partial charge in [-0.1, -0.05) is 18.2 Å². The number of piperidine rings is 1. The third-order valence-corrected chi connectivity index (χ3v) is 4.89. The molecular weight excluding hydrogens is 290 g/mol. The van der Waals surface area contributed by atoms with E-state index in [1.165, 1.54) is 0 Å². The second-order valence-corrected chi connectivity index (χ2v) is 6.49. The average Bonchev–Trinajstić information content (AvgIpc) is 3.15. The van der Waals surface area contributed by atoms with Crippen LogP contribution in [0.5, 0.6) is 0 Å². The van der Waals surface area contributed by atoms with Gasteiger partial charge < -0.3 is 14.7 Å². The van der Waals surface area contributed by atoms with Crippen molar-refractivity contribution in [3.8, 4) is 0 Å². The van der Waals surface area contributed by atoms with Crippen molar-refractivity contribution in [2.24, 2.45) is 5.92 Å². The van der Waals surface area contributed by atoms with Crippen molar-refractivity contribution < 1.29 is 9.59 Å². The third kappa shape index (κ3) is 3.49. The first-order valence-corrected chi connectivity index (χ1v) is 8.53. The van der Waals surface area contributed by atoms with Crippen LogP contribution < -0.4 is 4.90 Å². The van der Waals surface area contributed by atoms with Crippen molar-refractivity contribution in [1.82, 2.24) is 9.80 Å². The summed E-state index contributed by atoms with van der Waals surface area (Å²) in [6.07, 6.45) is 3.95. The molecule has 0 aliphatic carbocycles. The highest BCUT2D eigenvalue weighted by atomic mass is 16.2. The quantitative estimate of drug-likeness (QED) is 0.842. The molecule has 1 unspecified atom stereocenters. The van der Waals surface area contributed by atoms with E-state index >= 15 is 0 Å². The number of likely N-dealkylation sites (tertiary alicyclic amines) is 2. The van der Waals surface area contributed by atoms with Gasteiger partial charge in [0.1, 0.15) is 0 Å². The predicted molar refractivity (Wildman–Crippen MR) is 90.4 cm³/mol. The summed E-state index contributed by atoms with van der Waals surface area (Å²) < 4.78 is 0. The molecule has 1 aromatic carbocycles. The first kappa shape index (κ1) is 15.8. The van der Waals surface area contributed by atoms with E-state index in [9.17, 15) is 9.59 Å². The van der Waals surface area contributed by atoms with Gasteiger partial charge >= 0.3 is 6.03 Å². The minimum Gasteiger partial charge on any atom is -0.325 e. The zero-order valence-electron chi connectivity index (χ0n) is 13.8. The Hall–Kier alpha value is -2.04. The maximum Gasteiger partial charge on any atom is 0.320 e. The molecule has 0 radical (unpaired) electrons. The van der Waals surface area contributed by atoms with E-state index in [0.29, 0.717) is 6.54 Å². The van der Waals surface area contributed by atoms with Gasteiger partial charge in [0.25, 0.3) is 0 Å². The van der Waals surface area contributed by atoms with Crippen molar-refractivity contribution in [2.45, 2.75) is 25.7 Å². The number of para-hydroxylation sites is 1. The summed E-state index contributed by atoms with van der Waals surface area (Å²) in [5.74, 6) is 0.00984. The number of anilines is 1. The van der Waals surface area contributed by atoms with Gasteiger partial charge in [-0.3, -0.25) is 4.79 Å². The lowest BCUT2D eigenvalue weighted by Crippen LogP contribution is -2.49. The number of benzene rings is 1. The Morgan fingerprint density at radius 1 is 1.00 bits per heavy atom. The van der Waals surface area contributed by atoms with Crippen LogP contribution in [-0.4, -0.2) is 55.0 Å². The fourth-order valence-corrected chi connectivity index (χ4v) is 3.51. The van der Waals surface area contributed by atoms with Crippen LogP contribution in [0.4, 0.5) is 10.5 Å². The molecule has 23 heavy (non-hydrogen) atoms. The second kappa shape index (κ2) is 7.02. The van der Waals surface area contributed by atoms with Crippen molar-refractivity contribution in [3.63, 3.8) is 0 Å². The number of amides is 3. The first-order valence-electron chi connectivity index (χ1n) is 8.53. The summed E-state index contributed by atoms with van der Waals surface area (Å²) in [7, 11) is 1.82. The zero-order chi connectivity index (χ0) is 16.2. The van der Waals surface area contributed by atoms with Gasteiger partial charge in [0.05, 0.1) is 5.92 Å². The maximum atomic E-state index is 12.8. The van der Waals surface area contributed by atoms with Crippen LogP contribution in [0.3, 0.4) is 0 Å². The standard InChI is InChI=1S/C18H25N3O2/c1-19(16-9-3-2-4-10-16)17(22)15-8-7-13-21(14-15)18(23)20-11-5-6-12-20/h2-4,9-10,15H,5-8,11-14H2,1H3. The Labute approximate surface area is 137 Å². The molecule has 2 aliphatic rings. The molecule has 2 fully saturated rings. The van der Waals surface area contributed by atoms with E-state index < -0.39 is 0 Å². The predicted octanol–water partition coefficient (Wildman–Crippen LogP) is 2.58. The van der Waals surface area contributed by atoms with Crippen LogP contribution in [0, 0.1) is 5.92 Å². The van der Waals surface area contributed by atoms with Gasteiger partial charge in [0.2, 0.25) is 5.91 Å². The molecule has 0 spiro atoms. The van der Waals surface area contributed by atoms with Crippen molar-refractivity contribution in [1.29, 1.82) is 0 Å². The lowest BCUT2D eigenvalue weighted by Gasteiger charge is -2.36. The van der Waals surface area contributed by atoms with Crippen LogP contribution in [0.15, 0.2) is 30.3 Å². The monoisotopic (exact) mass is 315 g/mol. The number of hydrogen-bond donors (Lipinski definition) is 0. The normalized spacial score (nSPS) is 21.3. The molecule has 3 rings (SSSR count). The SMILES string of the molecule is CN(C(=O)C1CCCN(C(=O)N2CCCC2)C1)c1ccccc1. The second-order valence-electron chi connectivity index (χ2n) is 6.49. The minimum absolute atomic E-state index is 0.0968. The largest absolute Gasteiger partial charge is 0.325 e. The Bertz CT molecular complexity index is 555. The molecule has 3 amide bonds. The molecule has 0 bridgehead atoms. The molecule has 2 saturated heterocycles. The summed E-state index contributed by atoms with van der Waals surface area (Å²) in [5, 5.41) is 0. The Morgan fingerprint density at radius 2 is 1.65 bits per heavy atom. The van der Waals surface area contributed by atoms with Crippen LogP contribution in [-0.2, 0) is 4.79 Å². The molecule has 124 valence electrons. The van der Waals surface area contributed by atoms with Gasteiger partial charge in [0, 0.05) is 38.9 Å². The molecule has 0 aromatic heterocycles. The van der Waals surface area contributed by atoms with Crippen LogP contribution in [0.25, 0.3) is 0 Å². The van der Waals surface area contributed by atoms with Crippen LogP contribution >= 0.6 is 0 Å². The number of urea groups is 1. The van der Waals surface area contributed by atoms with E-state index in [1.54, 1.807) is 4.90 Å². The molecule has 5 heteroatoms. The fraction of sp³-hybridized carbons (Fsp3) is 0.556. The summed E-state index contributed by atoms with van der Waals surface area (Å²) in [6.45, 7) is 3.04.